The van der Waals surface area contributed by atoms with Gasteiger partial charge in [-0.1, -0.05) is 18.2 Å². The maximum Gasteiger partial charge on any atom is 0.322 e. The summed E-state index contributed by atoms with van der Waals surface area (Å²) in [7, 11) is 0. The number of H-pyrrole nitrogens is 1. The molecule has 0 spiro atoms. The van der Waals surface area contributed by atoms with Crippen molar-refractivity contribution >= 4 is 22.8 Å². The largest absolute Gasteiger partial charge is 0.506 e. The van der Waals surface area contributed by atoms with Crippen LogP contribution in [0.4, 0.5) is 4.39 Å². The van der Waals surface area contributed by atoms with Gasteiger partial charge in [0.1, 0.15) is 36.0 Å². The van der Waals surface area contributed by atoms with Gasteiger partial charge in [-0.25, -0.2) is 4.39 Å². The van der Waals surface area contributed by atoms with E-state index in [0.717, 1.165) is 0 Å². The van der Waals surface area contributed by atoms with E-state index in [1.54, 1.807) is 18.2 Å². The van der Waals surface area contributed by atoms with E-state index in [-0.39, 0.29) is 17.5 Å². The predicted octanol–water partition coefficient (Wildman–Crippen LogP) is 1.77. The Bertz CT molecular complexity index is 1130. The number of aromatic amines is 1. The van der Waals surface area contributed by atoms with Gasteiger partial charge < -0.3 is 25.3 Å². The topological polar surface area (TPSA) is 129 Å². The molecule has 2 aromatic carbocycles. The summed E-state index contributed by atoms with van der Waals surface area (Å²) in [5.74, 6) is -2.98. The minimum absolute atomic E-state index is 0.0376. The van der Waals surface area contributed by atoms with Gasteiger partial charge in [0.25, 0.3) is 11.5 Å². The molecule has 0 aliphatic heterocycles. The number of pyridine rings is 1. The number of hydrogen-bond donors (Lipinski definition) is 4. The van der Waals surface area contributed by atoms with Crippen LogP contribution in [0.2, 0.25) is 0 Å². The lowest BCUT2D eigenvalue weighted by Gasteiger charge is -2.10. The van der Waals surface area contributed by atoms with E-state index >= 15 is 0 Å². The van der Waals surface area contributed by atoms with E-state index in [1.807, 2.05) is 5.32 Å². The van der Waals surface area contributed by atoms with Gasteiger partial charge >= 0.3 is 5.97 Å². The van der Waals surface area contributed by atoms with Crippen LogP contribution in [-0.4, -0.2) is 33.6 Å². The normalized spacial score (nSPS) is 10.6. The molecule has 28 heavy (non-hydrogen) atoms. The number of carboxylic acid groups (broad SMARTS) is 1. The van der Waals surface area contributed by atoms with Gasteiger partial charge in [-0.3, -0.25) is 14.4 Å². The van der Waals surface area contributed by atoms with E-state index in [4.69, 9.17) is 9.84 Å². The fraction of sp³-hybridized carbons (Fsp3) is 0.105. The summed E-state index contributed by atoms with van der Waals surface area (Å²) in [6.45, 7) is -0.733. The maximum atomic E-state index is 13.6. The summed E-state index contributed by atoms with van der Waals surface area (Å²) in [6, 6.07) is 10.5. The molecular weight excluding hydrogens is 371 g/mol. The summed E-state index contributed by atoms with van der Waals surface area (Å²) < 4.78 is 19.2. The summed E-state index contributed by atoms with van der Waals surface area (Å²) in [5, 5.41) is 21.1. The van der Waals surface area contributed by atoms with Gasteiger partial charge in [0, 0.05) is 17.0 Å². The van der Waals surface area contributed by atoms with Crippen molar-refractivity contribution in [1.82, 2.24) is 10.3 Å². The van der Waals surface area contributed by atoms with Crippen molar-refractivity contribution in [3.05, 3.63) is 69.8 Å². The third-order valence-corrected chi connectivity index (χ3v) is 3.94. The number of rotatable bonds is 6. The van der Waals surface area contributed by atoms with Crippen LogP contribution in [0.3, 0.4) is 0 Å². The number of aliphatic carboxylic acids is 1. The van der Waals surface area contributed by atoms with Gasteiger partial charge in [-0.2, -0.15) is 0 Å². The van der Waals surface area contributed by atoms with Gasteiger partial charge in [-0.05, 0) is 18.2 Å². The molecule has 0 atom stereocenters. The zero-order valence-corrected chi connectivity index (χ0v) is 14.4. The van der Waals surface area contributed by atoms with Gasteiger partial charge in [0.2, 0.25) is 0 Å². The highest BCUT2D eigenvalue weighted by Gasteiger charge is 2.20. The Morgan fingerprint density at radius 3 is 2.64 bits per heavy atom. The molecule has 0 fully saturated rings. The van der Waals surface area contributed by atoms with Crippen LogP contribution in [0, 0.1) is 5.82 Å². The van der Waals surface area contributed by atoms with E-state index in [0.29, 0.717) is 11.3 Å². The second-order valence-corrected chi connectivity index (χ2v) is 5.84. The van der Waals surface area contributed by atoms with Crippen molar-refractivity contribution in [2.24, 2.45) is 0 Å². The third-order valence-electron chi connectivity index (χ3n) is 3.94. The summed E-state index contributed by atoms with van der Waals surface area (Å²) >= 11 is 0. The van der Waals surface area contributed by atoms with Crippen molar-refractivity contribution < 1.29 is 28.9 Å². The van der Waals surface area contributed by atoms with Crippen molar-refractivity contribution in [2.45, 2.75) is 6.61 Å². The second kappa shape index (κ2) is 7.78. The maximum absolute atomic E-state index is 13.6. The molecule has 0 saturated heterocycles. The minimum atomic E-state index is -1.29. The standard InChI is InChI=1S/C19H15FN2O6/c20-13-4-2-1-3-10(13)9-28-11-5-6-12-14(7-11)22-19(27)16(17(12)25)18(26)21-8-15(23)24/h1-7H,8-9H2,(H,21,26)(H,23,24)(H2,22,25,27). The molecule has 9 heteroatoms. The first kappa shape index (κ1) is 18.9. The highest BCUT2D eigenvalue weighted by Crippen LogP contribution is 2.28. The highest BCUT2D eigenvalue weighted by molar-refractivity contribution is 6.03. The van der Waals surface area contributed by atoms with Crippen molar-refractivity contribution in [2.75, 3.05) is 6.54 Å². The molecule has 1 amide bonds. The quantitative estimate of drug-likeness (QED) is 0.511. The van der Waals surface area contributed by atoms with Crippen molar-refractivity contribution in [3.63, 3.8) is 0 Å². The molecule has 144 valence electrons. The second-order valence-electron chi connectivity index (χ2n) is 5.84. The number of benzene rings is 2. The number of fused-ring (bicyclic) bond motifs is 1. The number of ether oxygens (including phenoxy) is 1. The average Bonchev–Trinajstić information content (AvgIpc) is 2.65. The Kier molecular flexibility index (Phi) is 5.25. The van der Waals surface area contributed by atoms with Crippen LogP contribution in [-0.2, 0) is 11.4 Å². The molecule has 0 radical (unpaired) electrons. The molecule has 0 bridgehead atoms. The fourth-order valence-electron chi connectivity index (χ4n) is 2.58. The molecule has 0 saturated carbocycles. The zero-order chi connectivity index (χ0) is 20.3. The number of halogens is 1. The molecule has 0 aliphatic carbocycles. The van der Waals surface area contributed by atoms with Gasteiger partial charge in [0.05, 0.1) is 5.52 Å². The number of amides is 1. The molecule has 0 unspecified atom stereocenters. The summed E-state index contributed by atoms with van der Waals surface area (Å²) in [6.07, 6.45) is 0. The Morgan fingerprint density at radius 1 is 1.18 bits per heavy atom. The lowest BCUT2D eigenvalue weighted by molar-refractivity contribution is -0.135. The average molecular weight is 386 g/mol. The van der Waals surface area contributed by atoms with Gasteiger partial charge in [0.15, 0.2) is 0 Å². The molecule has 3 aromatic rings. The minimum Gasteiger partial charge on any atom is -0.506 e. The van der Waals surface area contributed by atoms with Crippen molar-refractivity contribution in [3.8, 4) is 11.5 Å². The van der Waals surface area contributed by atoms with Gasteiger partial charge in [-0.15, -0.1) is 0 Å². The molecule has 8 nitrogen and oxygen atoms in total. The molecule has 1 aromatic heterocycles. The highest BCUT2D eigenvalue weighted by atomic mass is 19.1. The van der Waals surface area contributed by atoms with Crippen LogP contribution in [0.15, 0.2) is 47.3 Å². The lowest BCUT2D eigenvalue weighted by Crippen LogP contribution is -2.33. The summed E-state index contributed by atoms with van der Waals surface area (Å²) in [4.78, 5) is 37.1. The van der Waals surface area contributed by atoms with Crippen LogP contribution in [0.1, 0.15) is 15.9 Å². The molecule has 0 aliphatic rings. The number of carbonyl (C=O) groups excluding carboxylic acids is 1. The number of hydrogen-bond acceptors (Lipinski definition) is 5. The smallest absolute Gasteiger partial charge is 0.322 e. The predicted molar refractivity (Wildman–Crippen MR) is 96.9 cm³/mol. The monoisotopic (exact) mass is 386 g/mol. The first-order valence-corrected chi connectivity index (χ1v) is 8.12. The Hall–Kier alpha value is -3.88. The van der Waals surface area contributed by atoms with E-state index < -0.39 is 41.1 Å². The van der Waals surface area contributed by atoms with E-state index in [9.17, 15) is 23.9 Å². The van der Waals surface area contributed by atoms with Crippen LogP contribution < -0.4 is 15.6 Å². The number of nitrogens with one attached hydrogen (secondary N) is 2. The zero-order valence-electron chi connectivity index (χ0n) is 14.4. The Balaban J connectivity index is 1.88. The molecule has 1 heterocycles. The number of aromatic hydroxyl groups is 1. The van der Waals surface area contributed by atoms with Crippen LogP contribution >= 0.6 is 0 Å². The number of carbonyl (C=O) groups is 2. The van der Waals surface area contributed by atoms with Crippen LogP contribution in [0.25, 0.3) is 10.9 Å². The summed E-state index contributed by atoms with van der Waals surface area (Å²) in [5.41, 5.74) is -0.930. The number of carboxylic acids is 1. The molecular formula is C19H15FN2O6. The Labute approximate surface area is 157 Å². The van der Waals surface area contributed by atoms with Crippen LogP contribution in [0.5, 0.6) is 11.5 Å². The van der Waals surface area contributed by atoms with E-state index in [2.05, 4.69) is 4.98 Å². The first-order valence-electron chi connectivity index (χ1n) is 8.12. The number of aromatic nitrogens is 1. The molecule has 3 rings (SSSR count). The van der Waals surface area contributed by atoms with E-state index in [1.165, 1.54) is 24.3 Å². The molecule has 4 N–H and O–H groups in total. The SMILES string of the molecule is O=C(O)CNC(=O)c1c(O)c2ccc(OCc3ccccc3F)cc2[nH]c1=O. The lowest BCUT2D eigenvalue weighted by atomic mass is 10.1. The third kappa shape index (κ3) is 3.93. The first-order chi connectivity index (χ1) is 13.4. The van der Waals surface area contributed by atoms with Crippen molar-refractivity contribution in [1.29, 1.82) is 0 Å². The fourth-order valence-corrected chi connectivity index (χ4v) is 2.58. The Morgan fingerprint density at radius 2 is 1.93 bits per heavy atom.